The number of amides is 1. The van der Waals surface area contributed by atoms with Crippen LogP contribution >= 0.6 is 0 Å². The zero-order valence-corrected chi connectivity index (χ0v) is 14.4. The summed E-state index contributed by atoms with van der Waals surface area (Å²) in [5, 5.41) is 0. The second-order valence-corrected chi connectivity index (χ2v) is 6.66. The van der Waals surface area contributed by atoms with Crippen LogP contribution in [-0.2, 0) is 9.53 Å². The van der Waals surface area contributed by atoms with E-state index in [1.54, 1.807) is 7.11 Å². The van der Waals surface area contributed by atoms with E-state index in [9.17, 15) is 18.0 Å². The second-order valence-electron chi connectivity index (χ2n) is 6.66. The highest BCUT2D eigenvalue weighted by molar-refractivity contribution is 5.79. The Labute approximate surface area is 141 Å². The van der Waals surface area contributed by atoms with Gasteiger partial charge in [-0.2, -0.15) is 13.2 Å². The third-order valence-electron chi connectivity index (χ3n) is 4.84. The SMILES string of the molecule is COCCN1CCC(C(=O)N2CCCN(CCC(F)(F)F)CC2)C1. The molecule has 1 amide bonds. The first-order valence-corrected chi connectivity index (χ1v) is 8.68. The van der Waals surface area contributed by atoms with Gasteiger partial charge in [-0.25, -0.2) is 0 Å². The van der Waals surface area contributed by atoms with Crippen molar-refractivity contribution in [2.75, 3.05) is 66.1 Å². The van der Waals surface area contributed by atoms with Crippen molar-refractivity contribution in [3.63, 3.8) is 0 Å². The number of methoxy groups -OCH3 is 1. The summed E-state index contributed by atoms with van der Waals surface area (Å²) in [6, 6.07) is 0. The van der Waals surface area contributed by atoms with Crippen LogP contribution in [0.5, 0.6) is 0 Å². The van der Waals surface area contributed by atoms with Crippen LogP contribution in [0.1, 0.15) is 19.3 Å². The van der Waals surface area contributed by atoms with Gasteiger partial charge in [-0.05, 0) is 25.9 Å². The van der Waals surface area contributed by atoms with E-state index in [0.29, 0.717) is 32.8 Å². The molecular formula is C16H28F3N3O2. The Morgan fingerprint density at radius 1 is 1.08 bits per heavy atom. The summed E-state index contributed by atoms with van der Waals surface area (Å²) in [4.78, 5) is 18.6. The lowest BCUT2D eigenvalue weighted by Crippen LogP contribution is -2.40. The number of alkyl halides is 3. The van der Waals surface area contributed by atoms with Crippen LogP contribution < -0.4 is 0 Å². The van der Waals surface area contributed by atoms with Gasteiger partial charge in [0, 0.05) is 46.4 Å². The van der Waals surface area contributed by atoms with E-state index < -0.39 is 12.6 Å². The van der Waals surface area contributed by atoms with Gasteiger partial charge in [0.05, 0.1) is 18.9 Å². The van der Waals surface area contributed by atoms with Crippen molar-refractivity contribution < 1.29 is 22.7 Å². The van der Waals surface area contributed by atoms with Gasteiger partial charge in [0.2, 0.25) is 5.91 Å². The summed E-state index contributed by atoms with van der Waals surface area (Å²) in [6.07, 6.45) is -3.30. The molecule has 8 heteroatoms. The van der Waals surface area contributed by atoms with Crippen molar-refractivity contribution >= 4 is 5.91 Å². The fourth-order valence-electron chi connectivity index (χ4n) is 3.42. The van der Waals surface area contributed by atoms with Crippen LogP contribution in [-0.4, -0.2) is 92.9 Å². The molecule has 1 atom stereocenters. The van der Waals surface area contributed by atoms with E-state index in [1.807, 2.05) is 9.80 Å². The molecule has 2 aliphatic rings. The molecule has 0 aromatic carbocycles. The topological polar surface area (TPSA) is 36.0 Å². The number of hydrogen-bond donors (Lipinski definition) is 0. The molecule has 1 unspecified atom stereocenters. The number of ether oxygens (including phenoxy) is 1. The van der Waals surface area contributed by atoms with Gasteiger partial charge in [-0.3, -0.25) is 4.79 Å². The molecular weight excluding hydrogens is 323 g/mol. The number of carbonyl (C=O) groups is 1. The molecule has 2 saturated heterocycles. The van der Waals surface area contributed by atoms with Crippen molar-refractivity contribution in [2.45, 2.75) is 25.4 Å². The van der Waals surface area contributed by atoms with Crippen molar-refractivity contribution in [1.29, 1.82) is 0 Å². The third kappa shape index (κ3) is 6.22. The van der Waals surface area contributed by atoms with Crippen molar-refractivity contribution in [3.8, 4) is 0 Å². The van der Waals surface area contributed by atoms with Gasteiger partial charge in [-0.15, -0.1) is 0 Å². The Morgan fingerprint density at radius 3 is 2.58 bits per heavy atom. The monoisotopic (exact) mass is 351 g/mol. The zero-order chi connectivity index (χ0) is 17.6. The summed E-state index contributed by atoms with van der Waals surface area (Å²) in [7, 11) is 1.67. The molecule has 2 heterocycles. The Bertz CT molecular complexity index is 407. The highest BCUT2D eigenvalue weighted by Crippen LogP contribution is 2.21. The van der Waals surface area contributed by atoms with Crippen LogP contribution in [0.2, 0.25) is 0 Å². The minimum absolute atomic E-state index is 0.0172. The number of rotatable bonds is 6. The van der Waals surface area contributed by atoms with E-state index in [0.717, 1.165) is 32.5 Å². The molecule has 0 N–H and O–H groups in total. The van der Waals surface area contributed by atoms with Gasteiger partial charge < -0.3 is 19.4 Å². The summed E-state index contributed by atoms with van der Waals surface area (Å²) in [5.74, 6) is 0.177. The smallest absolute Gasteiger partial charge is 0.383 e. The molecule has 0 bridgehead atoms. The number of nitrogens with zero attached hydrogens (tertiary/aromatic N) is 3. The first kappa shape index (κ1) is 19.5. The lowest BCUT2D eigenvalue weighted by molar-refractivity contribution is -0.138. The van der Waals surface area contributed by atoms with Gasteiger partial charge in [0.25, 0.3) is 0 Å². The number of likely N-dealkylation sites (tertiary alicyclic amines) is 1. The third-order valence-corrected chi connectivity index (χ3v) is 4.84. The highest BCUT2D eigenvalue weighted by Gasteiger charge is 2.32. The molecule has 0 aliphatic carbocycles. The largest absolute Gasteiger partial charge is 0.390 e. The first-order chi connectivity index (χ1) is 11.4. The zero-order valence-electron chi connectivity index (χ0n) is 14.4. The standard InChI is InChI=1S/C16H28F3N3O2/c1-24-12-11-21-7-3-14(13-21)15(23)22-6-2-5-20(9-10-22)8-4-16(17,18)19/h14H,2-13H2,1H3. The minimum atomic E-state index is -4.11. The van der Waals surface area contributed by atoms with Crippen LogP contribution in [0.15, 0.2) is 0 Å². The summed E-state index contributed by atoms with van der Waals surface area (Å²) in [6.45, 7) is 5.54. The van der Waals surface area contributed by atoms with Gasteiger partial charge >= 0.3 is 6.18 Å². The van der Waals surface area contributed by atoms with Gasteiger partial charge in [0.1, 0.15) is 0 Å². The average molecular weight is 351 g/mol. The molecule has 2 rings (SSSR count). The Hall–Kier alpha value is -0.860. The Kier molecular flexibility index (Phi) is 7.31. The lowest BCUT2D eigenvalue weighted by Gasteiger charge is -2.25. The predicted octanol–water partition coefficient (Wildman–Crippen LogP) is 1.44. The van der Waals surface area contributed by atoms with Crippen LogP contribution in [0.4, 0.5) is 13.2 Å². The molecule has 140 valence electrons. The van der Waals surface area contributed by atoms with E-state index in [-0.39, 0.29) is 18.4 Å². The van der Waals surface area contributed by atoms with Crippen molar-refractivity contribution in [2.24, 2.45) is 5.92 Å². The predicted molar refractivity (Wildman–Crippen MR) is 84.7 cm³/mol. The molecule has 0 saturated carbocycles. The second kappa shape index (κ2) is 9.01. The van der Waals surface area contributed by atoms with E-state index in [2.05, 4.69) is 4.90 Å². The molecule has 2 aliphatic heterocycles. The summed E-state index contributed by atoms with van der Waals surface area (Å²) in [5.41, 5.74) is 0. The van der Waals surface area contributed by atoms with Gasteiger partial charge in [0.15, 0.2) is 0 Å². The Balaban J connectivity index is 1.76. The maximum absolute atomic E-state index is 12.7. The summed E-state index contributed by atoms with van der Waals surface area (Å²) >= 11 is 0. The highest BCUT2D eigenvalue weighted by atomic mass is 19.4. The van der Waals surface area contributed by atoms with Crippen LogP contribution in [0, 0.1) is 5.92 Å². The molecule has 0 aromatic heterocycles. The van der Waals surface area contributed by atoms with E-state index in [4.69, 9.17) is 4.74 Å². The molecule has 0 radical (unpaired) electrons. The Morgan fingerprint density at radius 2 is 1.88 bits per heavy atom. The number of halogens is 3. The fraction of sp³-hybridized carbons (Fsp3) is 0.938. The fourth-order valence-corrected chi connectivity index (χ4v) is 3.42. The lowest BCUT2D eigenvalue weighted by atomic mass is 10.1. The maximum atomic E-state index is 12.7. The maximum Gasteiger partial charge on any atom is 0.390 e. The van der Waals surface area contributed by atoms with Gasteiger partial charge in [-0.1, -0.05) is 0 Å². The molecule has 0 aromatic rings. The van der Waals surface area contributed by atoms with Crippen molar-refractivity contribution in [1.82, 2.24) is 14.7 Å². The first-order valence-electron chi connectivity index (χ1n) is 8.68. The van der Waals surface area contributed by atoms with Crippen LogP contribution in [0.25, 0.3) is 0 Å². The molecule has 5 nitrogen and oxygen atoms in total. The van der Waals surface area contributed by atoms with Crippen LogP contribution in [0.3, 0.4) is 0 Å². The van der Waals surface area contributed by atoms with E-state index >= 15 is 0 Å². The quantitative estimate of drug-likeness (QED) is 0.726. The number of hydrogen-bond acceptors (Lipinski definition) is 4. The molecule has 2 fully saturated rings. The average Bonchev–Trinajstić information content (AvgIpc) is 2.87. The molecule has 24 heavy (non-hydrogen) atoms. The molecule has 0 spiro atoms. The normalized spacial score (nSPS) is 24.3. The number of carbonyl (C=O) groups excluding carboxylic acids is 1. The van der Waals surface area contributed by atoms with E-state index in [1.165, 1.54) is 0 Å². The van der Waals surface area contributed by atoms with Crippen molar-refractivity contribution in [3.05, 3.63) is 0 Å². The minimum Gasteiger partial charge on any atom is -0.383 e. The summed E-state index contributed by atoms with van der Waals surface area (Å²) < 4.78 is 42.1.